The summed E-state index contributed by atoms with van der Waals surface area (Å²) in [7, 11) is 0. The maximum absolute atomic E-state index is 12.7. The van der Waals surface area contributed by atoms with Crippen LogP contribution in [0.2, 0.25) is 0 Å². The Labute approximate surface area is 140 Å². The molecule has 4 heteroatoms. The zero-order valence-corrected chi connectivity index (χ0v) is 15.1. The summed E-state index contributed by atoms with van der Waals surface area (Å²) < 4.78 is 11.3. The first-order valence-electron chi connectivity index (χ1n) is 9.21. The largest absolute Gasteiger partial charge is 0.462 e. The van der Waals surface area contributed by atoms with Crippen molar-refractivity contribution in [3.63, 3.8) is 0 Å². The normalized spacial score (nSPS) is 32.2. The minimum atomic E-state index is -0.513. The lowest BCUT2D eigenvalue weighted by atomic mass is 9.79. The molecule has 4 atom stereocenters. The van der Waals surface area contributed by atoms with E-state index in [1.54, 1.807) is 0 Å². The van der Waals surface area contributed by atoms with Crippen molar-refractivity contribution < 1.29 is 19.1 Å². The van der Waals surface area contributed by atoms with Gasteiger partial charge in [-0.15, -0.1) is 0 Å². The quantitative estimate of drug-likeness (QED) is 0.728. The minimum absolute atomic E-state index is 0.0254. The van der Waals surface area contributed by atoms with Gasteiger partial charge in [-0.1, -0.05) is 26.2 Å². The molecule has 0 bridgehead atoms. The maximum atomic E-state index is 12.7. The molecule has 0 N–H and O–H groups in total. The molecule has 2 aliphatic rings. The predicted octanol–water partition coefficient (Wildman–Crippen LogP) is 4.26. The van der Waals surface area contributed by atoms with Crippen molar-refractivity contribution in [1.82, 2.24) is 0 Å². The van der Waals surface area contributed by atoms with Crippen LogP contribution in [0.1, 0.15) is 79.1 Å². The second-order valence-corrected chi connectivity index (χ2v) is 8.27. The molecule has 132 valence electrons. The second kappa shape index (κ2) is 7.67. The first-order chi connectivity index (χ1) is 10.8. The topological polar surface area (TPSA) is 52.6 Å². The molecule has 0 saturated heterocycles. The van der Waals surface area contributed by atoms with Crippen LogP contribution >= 0.6 is 0 Å². The maximum Gasteiger partial charge on any atom is 0.310 e. The van der Waals surface area contributed by atoms with Gasteiger partial charge in [0.05, 0.1) is 11.8 Å². The van der Waals surface area contributed by atoms with Gasteiger partial charge in [0, 0.05) is 0 Å². The van der Waals surface area contributed by atoms with Gasteiger partial charge in [-0.25, -0.2) is 0 Å². The lowest BCUT2D eigenvalue weighted by Gasteiger charge is -2.34. The van der Waals surface area contributed by atoms with Crippen molar-refractivity contribution in [2.45, 2.75) is 90.8 Å². The Balaban J connectivity index is 1.99. The van der Waals surface area contributed by atoms with Crippen LogP contribution in [-0.4, -0.2) is 23.6 Å². The van der Waals surface area contributed by atoms with E-state index in [2.05, 4.69) is 6.92 Å². The highest BCUT2D eigenvalue weighted by atomic mass is 16.6. The Morgan fingerprint density at radius 3 is 1.91 bits per heavy atom. The van der Waals surface area contributed by atoms with Gasteiger partial charge in [0.15, 0.2) is 0 Å². The highest BCUT2D eigenvalue weighted by Gasteiger charge is 2.40. The Morgan fingerprint density at radius 2 is 1.35 bits per heavy atom. The molecule has 0 aliphatic heterocycles. The molecule has 0 aromatic heterocycles. The SMILES string of the molecule is CC1CCCCC1OC(=O)C1CCCCC1C(=O)OC(C)(C)C. The van der Waals surface area contributed by atoms with Crippen molar-refractivity contribution in [1.29, 1.82) is 0 Å². The molecule has 2 aliphatic carbocycles. The Hall–Kier alpha value is -1.06. The van der Waals surface area contributed by atoms with Crippen LogP contribution in [-0.2, 0) is 19.1 Å². The van der Waals surface area contributed by atoms with Crippen LogP contribution < -0.4 is 0 Å². The van der Waals surface area contributed by atoms with E-state index in [9.17, 15) is 9.59 Å². The first-order valence-corrected chi connectivity index (χ1v) is 9.21. The van der Waals surface area contributed by atoms with Gasteiger partial charge in [-0.05, 0) is 58.8 Å². The molecule has 0 heterocycles. The molecule has 2 rings (SSSR count). The van der Waals surface area contributed by atoms with Gasteiger partial charge in [0.25, 0.3) is 0 Å². The second-order valence-electron chi connectivity index (χ2n) is 8.27. The molecule has 4 nitrogen and oxygen atoms in total. The van der Waals surface area contributed by atoms with Gasteiger partial charge in [-0.3, -0.25) is 9.59 Å². The highest BCUT2D eigenvalue weighted by Crippen LogP contribution is 2.35. The zero-order chi connectivity index (χ0) is 17.0. The number of hydrogen-bond acceptors (Lipinski definition) is 4. The fourth-order valence-corrected chi connectivity index (χ4v) is 3.77. The Bertz CT molecular complexity index is 424. The van der Waals surface area contributed by atoms with Gasteiger partial charge in [0.1, 0.15) is 11.7 Å². The van der Waals surface area contributed by atoms with Crippen molar-refractivity contribution in [3.8, 4) is 0 Å². The number of carbonyl (C=O) groups excluding carboxylic acids is 2. The summed E-state index contributed by atoms with van der Waals surface area (Å²) in [5.74, 6) is -0.659. The van der Waals surface area contributed by atoms with E-state index < -0.39 is 5.60 Å². The number of esters is 2. The summed E-state index contributed by atoms with van der Waals surface area (Å²) in [6, 6.07) is 0. The fraction of sp³-hybridized carbons (Fsp3) is 0.895. The van der Waals surface area contributed by atoms with Crippen LogP contribution in [0.5, 0.6) is 0 Å². The molecule has 2 saturated carbocycles. The average molecular weight is 324 g/mol. The lowest BCUT2D eigenvalue weighted by Crippen LogP contribution is -2.40. The van der Waals surface area contributed by atoms with Crippen molar-refractivity contribution in [2.75, 3.05) is 0 Å². The molecule has 0 amide bonds. The molecule has 0 aromatic rings. The smallest absolute Gasteiger partial charge is 0.310 e. The van der Waals surface area contributed by atoms with E-state index in [4.69, 9.17) is 9.47 Å². The van der Waals surface area contributed by atoms with E-state index in [1.807, 2.05) is 20.8 Å². The highest BCUT2D eigenvalue weighted by molar-refractivity contribution is 5.82. The number of rotatable bonds is 3. The number of hydrogen-bond donors (Lipinski definition) is 0. The Morgan fingerprint density at radius 1 is 0.826 bits per heavy atom. The Kier molecular flexibility index (Phi) is 6.10. The molecular formula is C19H32O4. The molecule has 0 spiro atoms. The summed E-state index contributed by atoms with van der Waals surface area (Å²) in [6.45, 7) is 7.75. The van der Waals surface area contributed by atoms with E-state index in [0.29, 0.717) is 5.92 Å². The molecule has 0 aromatic carbocycles. The van der Waals surface area contributed by atoms with E-state index in [0.717, 1.165) is 44.9 Å². The van der Waals surface area contributed by atoms with Gasteiger partial charge >= 0.3 is 11.9 Å². The first kappa shape index (κ1) is 18.3. The molecule has 0 radical (unpaired) electrons. The molecule has 23 heavy (non-hydrogen) atoms. The predicted molar refractivity (Wildman–Crippen MR) is 88.8 cm³/mol. The van der Waals surface area contributed by atoms with Gasteiger partial charge in [0.2, 0.25) is 0 Å². The molecule has 2 fully saturated rings. The zero-order valence-electron chi connectivity index (χ0n) is 15.1. The third-order valence-corrected chi connectivity index (χ3v) is 5.08. The van der Waals surface area contributed by atoms with Gasteiger partial charge < -0.3 is 9.47 Å². The fourth-order valence-electron chi connectivity index (χ4n) is 3.77. The van der Waals surface area contributed by atoms with Crippen molar-refractivity contribution in [2.24, 2.45) is 17.8 Å². The van der Waals surface area contributed by atoms with Crippen molar-refractivity contribution >= 4 is 11.9 Å². The van der Waals surface area contributed by atoms with Crippen LogP contribution in [0.15, 0.2) is 0 Å². The monoisotopic (exact) mass is 324 g/mol. The summed E-state index contributed by atoms with van der Waals surface area (Å²) in [4.78, 5) is 25.1. The summed E-state index contributed by atoms with van der Waals surface area (Å²) in [5, 5.41) is 0. The van der Waals surface area contributed by atoms with E-state index in [1.165, 1.54) is 6.42 Å². The van der Waals surface area contributed by atoms with Crippen LogP contribution in [0.4, 0.5) is 0 Å². The summed E-state index contributed by atoms with van der Waals surface area (Å²) >= 11 is 0. The van der Waals surface area contributed by atoms with Crippen molar-refractivity contribution in [3.05, 3.63) is 0 Å². The third-order valence-electron chi connectivity index (χ3n) is 5.08. The van der Waals surface area contributed by atoms with Crippen LogP contribution in [0.3, 0.4) is 0 Å². The van der Waals surface area contributed by atoms with Crippen LogP contribution in [0, 0.1) is 17.8 Å². The minimum Gasteiger partial charge on any atom is -0.462 e. The summed E-state index contributed by atoms with van der Waals surface area (Å²) in [5.41, 5.74) is -0.513. The van der Waals surface area contributed by atoms with Crippen LogP contribution in [0.25, 0.3) is 0 Å². The third kappa shape index (κ3) is 5.22. The standard InChI is InChI=1S/C19H32O4/c1-13-9-5-8-12-16(13)22-17(20)14-10-6-7-11-15(14)18(21)23-19(2,3)4/h13-16H,5-12H2,1-4H3. The average Bonchev–Trinajstić information content (AvgIpc) is 2.48. The molecule has 4 unspecified atom stereocenters. The van der Waals surface area contributed by atoms with E-state index >= 15 is 0 Å². The van der Waals surface area contributed by atoms with Gasteiger partial charge in [-0.2, -0.15) is 0 Å². The van der Waals surface area contributed by atoms with E-state index in [-0.39, 0.29) is 29.9 Å². The molecular weight excluding hydrogens is 292 g/mol. The summed E-state index contributed by atoms with van der Waals surface area (Å²) in [6.07, 6.45) is 7.89. The lowest BCUT2D eigenvalue weighted by molar-refractivity contribution is -0.174. The number of ether oxygens (including phenoxy) is 2. The number of carbonyl (C=O) groups is 2.